The predicted octanol–water partition coefficient (Wildman–Crippen LogP) is 0.409. The summed E-state index contributed by atoms with van der Waals surface area (Å²) in [5.41, 5.74) is 0. The Morgan fingerprint density at radius 3 is 2.80 bits per heavy atom. The van der Waals surface area contributed by atoms with Gasteiger partial charge in [-0.3, -0.25) is 9.59 Å². The highest BCUT2D eigenvalue weighted by Gasteiger charge is 2.22. The average Bonchev–Trinajstić information content (AvgIpc) is 3.11. The van der Waals surface area contributed by atoms with Crippen LogP contribution in [0, 0.1) is 0 Å². The Balaban J connectivity index is 1.67. The molecule has 1 aliphatic rings. The number of thioether (sulfide) groups is 1. The molecule has 0 aliphatic heterocycles. The molecule has 2 rings (SSSR count). The van der Waals surface area contributed by atoms with E-state index in [-0.39, 0.29) is 24.1 Å². The van der Waals surface area contributed by atoms with Crippen LogP contribution in [-0.4, -0.2) is 59.3 Å². The van der Waals surface area contributed by atoms with Crippen LogP contribution in [0.1, 0.15) is 12.8 Å². The number of amides is 2. The van der Waals surface area contributed by atoms with Gasteiger partial charge in [-0.1, -0.05) is 23.1 Å². The molecule has 0 aromatic carbocycles. The number of nitrogens with one attached hydrogen (secondary N) is 2. The van der Waals surface area contributed by atoms with Gasteiger partial charge in [-0.15, -0.1) is 10.2 Å². The minimum atomic E-state index is -0.183. The highest BCUT2D eigenvalue weighted by atomic mass is 32.2. The first-order valence-electron chi connectivity index (χ1n) is 6.24. The topological polar surface area (TPSA) is 87.2 Å². The fourth-order valence-corrected chi connectivity index (χ4v) is 2.90. The highest BCUT2D eigenvalue weighted by molar-refractivity contribution is 8.01. The van der Waals surface area contributed by atoms with Gasteiger partial charge < -0.3 is 15.5 Å². The molecule has 1 aliphatic carbocycles. The van der Waals surface area contributed by atoms with Crippen molar-refractivity contribution in [3.05, 3.63) is 0 Å². The SMILES string of the molecule is CN(C)C(=O)CNC(=O)CSc1nnc(NC2CC2)s1. The maximum Gasteiger partial charge on any atom is 0.241 e. The molecule has 0 bridgehead atoms. The molecule has 0 saturated heterocycles. The zero-order valence-corrected chi connectivity index (χ0v) is 13.0. The van der Waals surface area contributed by atoms with E-state index in [1.807, 2.05) is 0 Å². The molecule has 0 spiro atoms. The molecule has 0 atom stereocenters. The summed E-state index contributed by atoms with van der Waals surface area (Å²) in [7, 11) is 3.30. The molecule has 9 heteroatoms. The quantitative estimate of drug-likeness (QED) is 0.709. The van der Waals surface area contributed by atoms with E-state index in [0.29, 0.717) is 6.04 Å². The minimum Gasteiger partial charge on any atom is -0.357 e. The van der Waals surface area contributed by atoms with Crippen LogP contribution in [0.5, 0.6) is 0 Å². The van der Waals surface area contributed by atoms with Gasteiger partial charge in [0.15, 0.2) is 4.34 Å². The van der Waals surface area contributed by atoms with Crippen LogP contribution >= 0.6 is 23.1 Å². The molecule has 20 heavy (non-hydrogen) atoms. The summed E-state index contributed by atoms with van der Waals surface area (Å²) < 4.78 is 0.752. The minimum absolute atomic E-state index is 0.0248. The standard InChI is InChI=1S/C11H17N5O2S2/c1-16(2)9(18)5-12-8(17)6-19-11-15-14-10(20-11)13-7-3-4-7/h7H,3-6H2,1-2H3,(H,12,17)(H,13,14). The van der Waals surface area contributed by atoms with Crippen molar-refractivity contribution in [1.29, 1.82) is 0 Å². The predicted molar refractivity (Wildman–Crippen MR) is 79.0 cm³/mol. The third-order valence-electron chi connectivity index (χ3n) is 2.57. The van der Waals surface area contributed by atoms with Crippen molar-refractivity contribution in [2.45, 2.75) is 23.2 Å². The summed E-state index contributed by atoms with van der Waals surface area (Å²) in [6.07, 6.45) is 2.37. The highest BCUT2D eigenvalue weighted by Crippen LogP contribution is 2.29. The van der Waals surface area contributed by atoms with E-state index < -0.39 is 0 Å². The summed E-state index contributed by atoms with van der Waals surface area (Å²) in [4.78, 5) is 24.3. The van der Waals surface area contributed by atoms with Crippen molar-refractivity contribution in [2.75, 3.05) is 31.7 Å². The van der Waals surface area contributed by atoms with Gasteiger partial charge in [0.25, 0.3) is 0 Å². The van der Waals surface area contributed by atoms with Crippen LogP contribution in [0.3, 0.4) is 0 Å². The second-order valence-corrected chi connectivity index (χ2v) is 6.85. The first-order valence-corrected chi connectivity index (χ1v) is 8.04. The van der Waals surface area contributed by atoms with E-state index in [2.05, 4.69) is 20.8 Å². The van der Waals surface area contributed by atoms with Gasteiger partial charge in [-0.2, -0.15) is 0 Å². The lowest BCUT2D eigenvalue weighted by atomic mass is 10.5. The second-order valence-electron chi connectivity index (χ2n) is 4.65. The lowest BCUT2D eigenvalue weighted by Crippen LogP contribution is -2.36. The van der Waals surface area contributed by atoms with Crippen molar-refractivity contribution < 1.29 is 9.59 Å². The van der Waals surface area contributed by atoms with E-state index in [4.69, 9.17) is 0 Å². The molecule has 1 heterocycles. The Hall–Kier alpha value is -1.35. The average molecular weight is 315 g/mol. The maximum atomic E-state index is 11.6. The van der Waals surface area contributed by atoms with Crippen molar-refractivity contribution in [3.8, 4) is 0 Å². The molecule has 1 aromatic heterocycles. The van der Waals surface area contributed by atoms with Crippen molar-refractivity contribution >= 4 is 40.0 Å². The van der Waals surface area contributed by atoms with Crippen molar-refractivity contribution in [1.82, 2.24) is 20.4 Å². The van der Waals surface area contributed by atoms with E-state index in [9.17, 15) is 9.59 Å². The van der Waals surface area contributed by atoms with Crippen LogP contribution < -0.4 is 10.6 Å². The maximum absolute atomic E-state index is 11.6. The summed E-state index contributed by atoms with van der Waals surface area (Å²) >= 11 is 2.77. The summed E-state index contributed by atoms with van der Waals surface area (Å²) in [6, 6.07) is 0.543. The molecular weight excluding hydrogens is 298 g/mol. The largest absolute Gasteiger partial charge is 0.357 e. The van der Waals surface area contributed by atoms with Crippen LogP contribution in [0.15, 0.2) is 4.34 Å². The number of hydrogen-bond acceptors (Lipinski definition) is 7. The third kappa shape index (κ3) is 4.97. The van der Waals surface area contributed by atoms with Gasteiger partial charge >= 0.3 is 0 Å². The molecule has 2 amide bonds. The smallest absolute Gasteiger partial charge is 0.241 e. The number of rotatable bonds is 7. The zero-order valence-electron chi connectivity index (χ0n) is 11.4. The van der Waals surface area contributed by atoms with E-state index in [1.165, 1.54) is 40.8 Å². The van der Waals surface area contributed by atoms with Crippen molar-refractivity contribution in [2.24, 2.45) is 0 Å². The Bertz CT molecular complexity index is 487. The molecule has 110 valence electrons. The van der Waals surface area contributed by atoms with Crippen LogP contribution in [0.2, 0.25) is 0 Å². The molecular formula is C11H17N5O2S2. The van der Waals surface area contributed by atoms with Crippen LogP contribution in [0.25, 0.3) is 0 Å². The Morgan fingerprint density at radius 2 is 2.15 bits per heavy atom. The van der Waals surface area contributed by atoms with E-state index in [1.54, 1.807) is 14.1 Å². The Kier molecular flexibility index (Phi) is 5.18. The van der Waals surface area contributed by atoms with E-state index in [0.717, 1.165) is 9.47 Å². The molecule has 1 aromatic rings. The summed E-state index contributed by atoms with van der Waals surface area (Å²) in [6.45, 7) is 0.0248. The van der Waals surface area contributed by atoms with Crippen molar-refractivity contribution in [3.63, 3.8) is 0 Å². The second kappa shape index (κ2) is 6.89. The fourth-order valence-electron chi connectivity index (χ4n) is 1.24. The molecule has 0 radical (unpaired) electrons. The number of hydrogen-bond donors (Lipinski definition) is 2. The van der Waals surface area contributed by atoms with Gasteiger partial charge in [-0.25, -0.2) is 0 Å². The number of carbonyl (C=O) groups excluding carboxylic acids is 2. The first-order chi connectivity index (χ1) is 9.54. The molecule has 0 unspecified atom stereocenters. The van der Waals surface area contributed by atoms with Gasteiger partial charge in [0.1, 0.15) is 0 Å². The van der Waals surface area contributed by atoms with Gasteiger partial charge in [-0.05, 0) is 12.8 Å². The normalized spacial score (nSPS) is 13.9. The fraction of sp³-hybridized carbons (Fsp3) is 0.636. The van der Waals surface area contributed by atoms with Gasteiger partial charge in [0.05, 0.1) is 12.3 Å². The zero-order chi connectivity index (χ0) is 14.5. The molecule has 1 fully saturated rings. The first kappa shape index (κ1) is 15.0. The molecule has 1 saturated carbocycles. The number of anilines is 1. The summed E-state index contributed by atoms with van der Waals surface area (Å²) in [5, 5.41) is 14.7. The number of nitrogens with zero attached hydrogens (tertiary/aromatic N) is 3. The van der Waals surface area contributed by atoms with Crippen LogP contribution in [0.4, 0.5) is 5.13 Å². The molecule has 2 N–H and O–H groups in total. The van der Waals surface area contributed by atoms with Crippen LogP contribution in [-0.2, 0) is 9.59 Å². The monoisotopic (exact) mass is 315 g/mol. The van der Waals surface area contributed by atoms with Gasteiger partial charge in [0.2, 0.25) is 16.9 Å². The van der Waals surface area contributed by atoms with E-state index >= 15 is 0 Å². The summed E-state index contributed by atoms with van der Waals surface area (Å²) in [5.74, 6) is -0.0778. The Labute approximate surface area is 125 Å². The number of likely N-dealkylation sites (N-methyl/N-ethyl adjacent to an activating group) is 1. The third-order valence-corrected chi connectivity index (χ3v) is 4.56. The number of aromatic nitrogens is 2. The lowest BCUT2D eigenvalue weighted by molar-refractivity contribution is -0.130. The lowest BCUT2D eigenvalue weighted by Gasteiger charge is -2.10. The van der Waals surface area contributed by atoms with Gasteiger partial charge in [0, 0.05) is 20.1 Å². The number of carbonyl (C=O) groups is 2. The Morgan fingerprint density at radius 1 is 1.40 bits per heavy atom. The molecule has 7 nitrogen and oxygen atoms in total.